The lowest BCUT2D eigenvalue weighted by Gasteiger charge is -2.06. The van der Waals surface area contributed by atoms with E-state index in [1.807, 2.05) is 6.92 Å². The van der Waals surface area contributed by atoms with E-state index in [4.69, 9.17) is 10.8 Å². The van der Waals surface area contributed by atoms with Crippen molar-refractivity contribution in [3.05, 3.63) is 0 Å². The first-order valence-corrected chi connectivity index (χ1v) is 5.81. The van der Waals surface area contributed by atoms with Gasteiger partial charge in [-0.05, 0) is 6.42 Å². The molecule has 0 saturated heterocycles. The van der Waals surface area contributed by atoms with Crippen LogP contribution in [0.15, 0.2) is 0 Å². The molecule has 0 rings (SSSR count). The molecule has 0 fully saturated rings. The van der Waals surface area contributed by atoms with Crippen LogP contribution in [0.25, 0.3) is 0 Å². The zero-order valence-electron chi connectivity index (χ0n) is 6.45. The van der Waals surface area contributed by atoms with E-state index in [0.717, 1.165) is 5.75 Å². The molecule has 0 aliphatic heterocycles. The summed E-state index contributed by atoms with van der Waals surface area (Å²) in [6.07, 6.45) is 0.664. The number of hydrogen-bond donors (Lipinski definition) is 2. The van der Waals surface area contributed by atoms with Crippen molar-refractivity contribution < 1.29 is 9.90 Å². The van der Waals surface area contributed by atoms with E-state index in [1.165, 1.54) is 21.6 Å². The molecule has 5 heteroatoms. The Morgan fingerprint density at radius 1 is 1.73 bits per heavy atom. The lowest BCUT2D eigenvalue weighted by atomic mass is 10.3. The molecule has 3 nitrogen and oxygen atoms in total. The monoisotopic (exact) mass is 195 g/mol. The van der Waals surface area contributed by atoms with E-state index in [1.54, 1.807) is 0 Å². The van der Waals surface area contributed by atoms with Crippen LogP contribution in [-0.2, 0) is 4.79 Å². The van der Waals surface area contributed by atoms with E-state index in [0.29, 0.717) is 13.0 Å². The van der Waals surface area contributed by atoms with Crippen LogP contribution in [-0.4, -0.2) is 28.6 Å². The first-order chi connectivity index (χ1) is 5.22. The standard InChI is InChI=1S/C6H13NO2S2/c1-2-5(6(8)9)11-10-4-3-7/h5H,2-4,7H2,1H3,(H,8,9). The molecule has 0 amide bonds. The Bertz CT molecular complexity index is 121. The van der Waals surface area contributed by atoms with Gasteiger partial charge in [0.25, 0.3) is 0 Å². The SMILES string of the molecule is CCC(SSCCN)C(=O)O. The summed E-state index contributed by atoms with van der Waals surface area (Å²) in [6.45, 7) is 2.47. The van der Waals surface area contributed by atoms with Crippen LogP contribution >= 0.6 is 21.6 Å². The number of carbonyl (C=O) groups is 1. The molecule has 0 spiro atoms. The topological polar surface area (TPSA) is 63.3 Å². The normalized spacial score (nSPS) is 12.9. The molecular weight excluding hydrogens is 182 g/mol. The van der Waals surface area contributed by atoms with Crippen LogP contribution in [0.2, 0.25) is 0 Å². The second-order valence-electron chi connectivity index (χ2n) is 1.94. The third-order valence-corrected chi connectivity index (χ3v) is 3.94. The fourth-order valence-corrected chi connectivity index (χ4v) is 2.76. The van der Waals surface area contributed by atoms with Crippen molar-refractivity contribution in [2.75, 3.05) is 12.3 Å². The molecule has 0 aromatic carbocycles. The Kier molecular flexibility index (Phi) is 6.90. The van der Waals surface area contributed by atoms with E-state index >= 15 is 0 Å². The van der Waals surface area contributed by atoms with Gasteiger partial charge in [-0.25, -0.2) is 0 Å². The molecule has 0 bridgehead atoms. The van der Waals surface area contributed by atoms with Crippen LogP contribution in [0.1, 0.15) is 13.3 Å². The summed E-state index contributed by atoms with van der Waals surface area (Å²) in [4.78, 5) is 10.5. The molecule has 11 heavy (non-hydrogen) atoms. The van der Waals surface area contributed by atoms with Gasteiger partial charge >= 0.3 is 5.97 Å². The van der Waals surface area contributed by atoms with Gasteiger partial charge in [-0.1, -0.05) is 28.5 Å². The number of carboxylic acid groups (broad SMARTS) is 1. The molecule has 1 atom stereocenters. The van der Waals surface area contributed by atoms with Crippen molar-refractivity contribution in [3.8, 4) is 0 Å². The predicted octanol–water partition coefficient (Wildman–Crippen LogP) is 1.19. The number of aliphatic carboxylic acids is 1. The molecule has 1 unspecified atom stereocenters. The van der Waals surface area contributed by atoms with Crippen LogP contribution in [0, 0.1) is 0 Å². The highest BCUT2D eigenvalue weighted by Crippen LogP contribution is 2.28. The maximum Gasteiger partial charge on any atom is 0.317 e. The van der Waals surface area contributed by atoms with E-state index in [9.17, 15) is 4.79 Å². The maximum absolute atomic E-state index is 10.5. The van der Waals surface area contributed by atoms with Crippen molar-refractivity contribution in [3.63, 3.8) is 0 Å². The fourth-order valence-electron chi connectivity index (χ4n) is 0.462. The number of rotatable bonds is 6. The molecule has 0 heterocycles. The Balaban J connectivity index is 3.44. The number of hydrogen-bond acceptors (Lipinski definition) is 4. The van der Waals surface area contributed by atoms with E-state index < -0.39 is 5.97 Å². The predicted molar refractivity (Wildman–Crippen MR) is 50.8 cm³/mol. The highest BCUT2D eigenvalue weighted by atomic mass is 33.1. The minimum absolute atomic E-state index is 0.286. The van der Waals surface area contributed by atoms with Crippen LogP contribution in [0.3, 0.4) is 0 Å². The molecule has 0 radical (unpaired) electrons. The Morgan fingerprint density at radius 3 is 2.73 bits per heavy atom. The lowest BCUT2D eigenvalue weighted by molar-refractivity contribution is -0.136. The summed E-state index contributed by atoms with van der Waals surface area (Å²) in [6, 6.07) is 0. The van der Waals surface area contributed by atoms with Gasteiger partial charge in [-0.15, -0.1) is 0 Å². The first kappa shape index (κ1) is 11.1. The van der Waals surface area contributed by atoms with Gasteiger partial charge in [0.1, 0.15) is 5.25 Å². The summed E-state index contributed by atoms with van der Waals surface area (Å²) in [5.41, 5.74) is 5.25. The van der Waals surface area contributed by atoms with Gasteiger partial charge < -0.3 is 10.8 Å². The molecular formula is C6H13NO2S2. The molecule has 0 aliphatic rings. The summed E-state index contributed by atoms with van der Waals surface area (Å²) in [7, 11) is 2.92. The minimum Gasteiger partial charge on any atom is -0.480 e. The summed E-state index contributed by atoms with van der Waals surface area (Å²) in [5, 5.41) is 8.32. The average molecular weight is 195 g/mol. The van der Waals surface area contributed by atoms with Crippen molar-refractivity contribution in [2.45, 2.75) is 18.6 Å². The smallest absolute Gasteiger partial charge is 0.317 e. The molecule has 0 aromatic rings. The molecule has 0 aromatic heterocycles. The Hall–Kier alpha value is 0.130. The fraction of sp³-hybridized carbons (Fsp3) is 0.833. The van der Waals surface area contributed by atoms with Crippen LogP contribution in [0.4, 0.5) is 0 Å². The second kappa shape index (κ2) is 6.82. The molecule has 3 N–H and O–H groups in total. The Morgan fingerprint density at radius 2 is 2.36 bits per heavy atom. The molecule has 66 valence electrons. The third kappa shape index (κ3) is 5.41. The molecule has 0 saturated carbocycles. The van der Waals surface area contributed by atoms with Crippen molar-refractivity contribution in [2.24, 2.45) is 5.73 Å². The van der Waals surface area contributed by atoms with Gasteiger partial charge in [0.2, 0.25) is 0 Å². The maximum atomic E-state index is 10.5. The highest BCUT2D eigenvalue weighted by Gasteiger charge is 2.14. The minimum atomic E-state index is -0.734. The first-order valence-electron chi connectivity index (χ1n) is 3.43. The van der Waals surface area contributed by atoms with Crippen molar-refractivity contribution in [1.29, 1.82) is 0 Å². The summed E-state index contributed by atoms with van der Waals surface area (Å²) in [5.74, 6) is 0.0797. The summed E-state index contributed by atoms with van der Waals surface area (Å²) >= 11 is 0. The van der Waals surface area contributed by atoms with Crippen molar-refractivity contribution in [1.82, 2.24) is 0 Å². The molecule has 0 aliphatic carbocycles. The second-order valence-corrected chi connectivity index (χ2v) is 4.63. The lowest BCUT2D eigenvalue weighted by Crippen LogP contribution is -2.14. The van der Waals surface area contributed by atoms with Gasteiger partial charge in [-0.3, -0.25) is 4.79 Å². The van der Waals surface area contributed by atoms with Gasteiger partial charge in [0, 0.05) is 12.3 Å². The zero-order chi connectivity index (χ0) is 8.69. The Labute approximate surface area is 74.5 Å². The van der Waals surface area contributed by atoms with Crippen LogP contribution < -0.4 is 5.73 Å². The quantitative estimate of drug-likeness (QED) is 0.492. The van der Waals surface area contributed by atoms with Gasteiger partial charge in [-0.2, -0.15) is 0 Å². The largest absolute Gasteiger partial charge is 0.480 e. The third-order valence-electron chi connectivity index (χ3n) is 1.03. The van der Waals surface area contributed by atoms with Gasteiger partial charge in [0.05, 0.1) is 0 Å². The van der Waals surface area contributed by atoms with Gasteiger partial charge in [0.15, 0.2) is 0 Å². The average Bonchev–Trinajstić information content (AvgIpc) is 1.97. The summed E-state index contributed by atoms with van der Waals surface area (Å²) < 4.78 is 0. The van der Waals surface area contributed by atoms with E-state index in [-0.39, 0.29) is 5.25 Å². The number of carboxylic acids is 1. The number of nitrogens with two attached hydrogens (primary N) is 1. The van der Waals surface area contributed by atoms with Crippen molar-refractivity contribution >= 4 is 27.6 Å². The highest BCUT2D eigenvalue weighted by molar-refractivity contribution is 8.77. The van der Waals surface area contributed by atoms with E-state index in [2.05, 4.69) is 0 Å². The zero-order valence-corrected chi connectivity index (χ0v) is 8.08. The van der Waals surface area contributed by atoms with Crippen LogP contribution in [0.5, 0.6) is 0 Å².